The van der Waals surface area contributed by atoms with Crippen LogP contribution in [0.4, 0.5) is 13.2 Å². The number of alkyl halides is 3. The van der Waals surface area contributed by atoms with Gasteiger partial charge in [0.05, 0.1) is 17.4 Å². The van der Waals surface area contributed by atoms with Crippen LogP contribution in [0.1, 0.15) is 18.1 Å². The van der Waals surface area contributed by atoms with Crippen molar-refractivity contribution in [2.24, 2.45) is 5.73 Å². The van der Waals surface area contributed by atoms with E-state index in [0.29, 0.717) is 5.69 Å². The molecule has 0 aliphatic heterocycles. The minimum atomic E-state index is -4.39. The zero-order valence-corrected chi connectivity index (χ0v) is 11.6. The van der Waals surface area contributed by atoms with Crippen LogP contribution in [0.15, 0.2) is 35.5 Å². The van der Waals surface area contributed by atoms with Crippen LogP contribution in [0, 0.1) is 0 Å². The zero-order chi connectivity index (χ0) is 14.8. The van der Waals surface area contributed by atoms with Crippen molar-refractivity contribution in [1.82, 2.24) is 9.78 Å². The molecule has 0 saturated heterocycles. The maximum Gasteiger partial charge on any atom is 0.419 e. The Labute approximate surface area is 119 Å². The maximum absolute atomic E-state index is 12.6. The summed E-state index contributed by atoms with van der Waals surface area (Å²) in [6.07, 6.45) is -2.59. The molecule has 0 spiro atoms. The summed E-state index contributed by atoms with van der Waals surface area (Å²) in [7, 11) is 0. The second-order valence-electron chi connectivity index (χ2n) is 4.06. The average molecular weight is 301 g/mol. The summed E-state index contributed by atoms with van der Waals surface area (Å²) in [5.41, 5.74) is 6.35. The minimum absolute atomic E-state index is 0.250. The molecule has 2 aromatic rings. The quantitative estimate of drug-likeness (QED) is 0.880. The Morgan fingerprint density at radius 1 is 1.35 bits per heavy atom. The van der Waals surface area contributed by atoms with Crippen LogP contribution < -0.4 is 5.73 Å². The highest BCUT2D eigenvalue weighted by Gasteiger charge is 2.32. The van der Waals surface area contributed by atoms with Gasteiger partial charge in [0.15, 0.2) is 0 Å². The van der Waals surface area contributed by atoms with Gasteiger partial charge in [0.1, 0.15) is 0 Å². The molecule has 1 heterocycles. The summed E-state index contributed by atoms with van der Waals surface area (Å²) in [4.78, 5) is 0.969. The van der Waals surface area contributed by atoms with Gasteiger partial charge in [-0.15, -0.1) is 11.8 Å². The molecule has 20 heavy (non-hydrogen) atoms. The van der Waals surface area contributed by atoms with Crippen molar-refractivity contribution in [2.75, 3.05) is 5.75 Å². The predicted molar refractivity (Wildman–Crippen MR) is 72.9 cm³/mol. The minimum Gasteiger partial charge on any atom is -0.326 e. The highest BCUT2D eigenvalue weighted by atomic mass is 32.2. The summed E-state index contributed by atoms with van der Waals surface area (Å²) < 4.78 is 39.1. The number of benzene rings is 1. The first-order valence-corrected chi connectivity index (χ1v) is 7.03. The normalized spacial score (nSPS) is 11.8. The first-order valence-electron chi connectivity index (χ1n) is 6.04. The number of thioether (sulfide) groups is 1. The van der Waals surface area contributed by atoms with Crippen molar-refractivity contribution in [3.63, 3.8) is 0 Å². The molecule has 108 valence electrons. The fourth-order valence-corrected chi connectivity index (χ4v) is 2.71. The van der Waals surface area contributed by atoms with Gasteiger partial charge < -0.3 is 5.73 Å². The fraction of sp³-hybridized carbons (Fsp3) is 0.308. The number of rotatable bonds is 4. The molecule has 0 bridgehead atoms. The summed E-state index contributed by atoms with van der Waals surface area (Å²) in [5, 5.41) is 3.79. The van der Waals surface area contributed by atoms with E-state index in [1.807, 2.05) is 13.0 Å². The van der Waals surface area contributed by atoms with Gasteiger partial charge in [0.25, 0.3) is 0 Å². The molecule has 2 N–H and O–H groups in total. The molecular weight excluding hydrogens is 287 g/mol. The molecule has 0 amide bonds. The van der Waals surface area contributed by atoms with E-state index >= 15 is 0 Å². The summed E-state index contributed by atoms with van der Waals surface area (Å²) in [5.74, 6) is 0.864. The molecule has 0 fully saturated rings. The number of halogens is 3. The van der Waals surface area contributed by atoms with E-state index in [9.17, 15) is 13.2 Å². The van der Waals surface area contributed by atoms with Gasteiger partial charge in [-0.25, -0.2) is 4.68 Å². The predicted octanol–water partition coefficient (Wildman–Crippen LogP) is 3.46. The van der Waals surface area contributed by atoms with Crippen LogP contribution in [0.2, 0.25) is 0 Å². The number of aromatic nitrogens is 2. The fourth-order valence-electron chi connectivity index (χ4n) is 1.87. The van der Waals surface area contributed by atoms with E-state index in [1.54, 1.807) is 23.9 Å². The number of nitrogens with two attached hydrogens (primary N) is 1. The average Bonchev–Trinajstić information content (AvgIpc) is 2.88. The van der Waals surface area contributed by atoms with Gasteiger partial charge in [0, 0.05) is 23.2 Å². The van der Waals surface area contributed by atoms with Crippen LogP contribution in [0.5, 0.6) is 0 Å². The van der Waals surface area contributed by atoms with Crippen molar-refractivity contribution in [2.45, 2.75) is 24.5 Å². The Balaban J connectivity index is 2.47. The Hall–Kier alpha value is -1.47. The summed E-state index contributed by atoms with van der Waals surface area (Å²) in [6.45, 7) is 2.26. The molecule has 1 aromatic heterocycles. The van der Waals surface area contributed by atoms with Crippen molar-refractivity contribution >= 4 is 11.8 Å². The zero-order valence-electron chi connectivity index (χ0n) is 10.8. The lowest BCUT2D eigenvalue weighted by atomic mass is 10.2. The summed E-state index contributed by atoms with van der Waals surface area (Å²) >= 11 is 1.60. The van der Waals surface area contributed by atoms with Crippen LogP contribution in [-0.4, -0.2) is 15.5 Å². The highest BCUT2D eigenvalue weighted by Crippen LogP contribution is 2.31. The molecule has 0 atom stereocenters. The lowest BCUT2D eigenvalue weighted by Crippen LogP contribution is -2.07. The van der Waals surface area contributed by atoms with Gasteiger partial charge in [-0.3, -0.25) is 0 Å². The molecule has 7 heteroatoms. The highest BCUT2D eigenvalue weighted by molar-refractivity contribution is 7.99. The van der Waals surface area contributed by atoms with E-state index in [4.69, 9.17) is 5.73 Å². The van der Waals surface area contributed by atoms with E-state index in [1.165, 1.54) is 4.68 Å². The Morgan fingerprint density at radius 3 is 2.65 bits per heavy atom. The first kappa shape index (κ1) is 14.9. The van der Waals surface area contributed by atoms with E-state index in [-0.39, 0.29) is 6.54 Å². The first-order chi connectivity index (χ1) is 9.47. The van der Waals surface area contributed by atoms with Gasteiger partial charge in [-0.2, -0.15) is 18.3 Å². The van der Waals surface area contributed by atoms with Gasteiger partial charge >= 0.3 is 6.18 Å². The van der Waals surface area contributed by atoms with Gasteiger partial charge in [0.2, 0.25) is 0 Å². The Bertz CT molecular complexity index is 593. The smallest absolute Gasteiger partial charge is 0.326 e. The molecule has 0 saturated carbocycles. The van der Waals surface area contributed by atoms with E-state index in [0.717, 1.165) is 28.6 Å². The lowest BCUT2D eigenvalue weighted by Gasteiger charge is -2.12. The summed E-state index contributed by atoms with van der Waals surface area (Å²) in [6, 6.07) is 5.42. The number of nitrogens with zero attached hydrogens (tertiary/aromatic N) is 2. The second kappa shape index (κ2) is 5.88. The van der Waals surface area contributed by atoms with Crippen LogP contribution in [-0.2, 0) is 12.7 Å². The molecule has 0 aliphatic rings. The molecule has 1 aromatic carbocycles. The Kier molecular flexibility index (Phi) is 4.39. The van der Waals surface area contributed by atoms with Gasteiger partial charge in [-0.1, -0.05) is 13.0 Å². The Morgan fingerprint density at radius 2 is 2.10 bits per heavy atom. The second-order valence-corrected chi connectivity index (χ2v) is 5.37. The third-order valence-corrected chi connectivity index (χ3v) is 3.75. The molecule has 0 aliphatic carbocycles. The third kappa shape index (κ3) is 2.99. The lowest BCUT2D eigenvalue weighted by molar-refractivity contribution is -0.137. The van der Waals surface area contributed by atoms with Crippen LogP contribution in [0.25, 0.3) is 5.69 Å². The van der Waals surface area contributed by atoms with Crippen molar-refractivity contribution in [3.8, 4) is 5.69 Å². The SMILES string of the molecule is CCSc1cccc(-n2cc(C(F)(F)F)cn2)c1CN. The van der Waals surface area contributed by atoms with Crippen LogP contribution in [0.3, 0.4) is 0 Å². The number of hydrogen-bond donors (Lipinski definition) is 1. The van der Waals surface area contributed by atoms with Crippen molar-refractivity contribution in [3.05, 3.63) is 41.7 Å². The van der Waals surface area contributed by atoms with Gasteiger partial charge in [-0.05, 0) is 17.9 Å². The largest absolute Gasteiger partial charge is 0.419 e. The van der Waals surface area contributed by atoms with E-state index < -0.39 is 11.7 Å². The number of hydrogen-bond acceptors (Lipinski definition) is 3. The van der Waals surface area contributed by atoms with Crippen molar-refractivity contribution in [1.29, 1.82) is 0 Å². The van der Waals surface area contributed by atoms with Crippen LogP contribution >= 0.6 is 11.8 Å². The standard InChI is InChI=1S/C13H14F3N3S/c1-2-20-12-5-3-4-11(10(12)6-17)19-8-9(7-18-19)13(14,15)16/h3-5,7-8H,2,6,17H2,1H3. The molecule has 3 nitrogen and oxygen atoms in total. The molecule has 2 rings (SSSR count). The van der Waals surface area contributed by atoms with E-state index in [2.05, 4.69) is 5.10 Å². The molecular formula is C13H14F3N3S. The molecule has 0 radical (unpaired) electrons. The van der Waals surface area contributed by atoms with Crippen molar-refractivity contribution < 1.29 is 13.2 Å². The topological polar surface area (TPSA) is 43.8 Å². The monoisotopic (exact) mass is 301 g/mol. The molecule has 0 unspecified atom stereocenters. The third-order valence-electron chi connectivity index (χ3n) is 2.77. The maximum atomic E-state index is 12.6.